The molecule has 0 unspecified atom stereocenters. The van der Waals surface area contributed by atoms with Gasteiger partial charge in [0.2, 0.25) is 0 Å². The molecule has 0 aromatic carbocycles. The van der Waals surface area contributed by atoms with Crippen LogP contribution in [0.4, 0.5) is 0 Å². The molecule has 0 radical (unpaired) electrons. The quantitative estimate of drug-likeness (QED) is 0.687. The zero-order valence-corrected chi connectivity index (χ0v) is 9.05. The van der Waals surface area contributed by atoms with Crippen molar-refractivity contribution in [2.45, 2.75) is 33.1 Å². The van der Waals surface area contributed by atoms with E-state index in [1.807, 2.05) is 0 Å². The molecule has 80 valence electrons. The van der Waals surface area contributed by atoms with E-state index in [-0.39, 0.29) is 0 Å². The molecule has 1 N–H and O–H groups in total. The van der Waals surface area contributed by atoms with Gasteiger partial charge in [0.1, 0.15) is 0 Å². The van der Waals surface area contributed by atoms with Crippen molar-refractivity contribution in [3.8, 4) is 0 Å². The zero-order valence-electron chi connectivity index (χ0n) is 9.05. The first-order valence-electron chi connectivity index (χ1n) is 5.29. The Morgan fingerprint density at radius 2 is 2.14 bits per heavy atom. The highest BCUT2D eigenvalue weighted by Gasteiger charge is 2.14. The van der Waals surface area contributed by atoms with E-state index in [0.29, 0.717) is 5.57 Å². The molecule has 0 spiro atoms. The summed E-state index contributed by atoms with van der Waals surface area (Å²) in [6.07, 6.45) is 2.97. The number of rotatable bonds is 2. The van der Waals surface area contributed by atoms with Gasteiger partial charge in [0.25, 0.3) is 0 Å². The second-order valence-corrected chi connectivity index (χ2v) is 3.82. The molecule has 3 heteroatoms. The molecule has 0 amide bonds. The SMILES string of the molecule is CCN1CCCC(=C(C)C(=O)O)CC1. The zero-order chi connectivity index (χ0) is 10.6. The Hall–Kier alpha value is -0.830. The number of carbonyl (C=O) groups is 1. The summed E-state index contributed by atoms with van der Waals surface area (Å²) in [5.41, 5.74) is 1.69. The summed E-state index contributed by atoms with van der Waals surface area (Å²) in [6.45, 7) is 7.06. The smallest absolute Gasteiger partial charge is 0.331 e. The van der Waals surface area contributed by atoms with Crippen LogP contribution in [0, 0.1) is 0 Å². The van der Waals surface area contributed by atoms with Crippen LogP contribution < -0.4 is 0 Å². The number of carboxylic acid groups (broad SMARTS) is 1. The van der Waals surface area contributed by atoms with Gasteiger partial charge in [0.15, 0.2) is 0 Å². The molecular weight excluding hydrogens is 178 g/mol. The fourth-order valence-corrected chi connectivity index (χ4v) is 1.89. The van der Waals surface area contributed by atoms with Crippen molar-refractivity contribution >= 4 is 5.97 Å². The largest absolute Gasteiger partial charge is 0.478 e. The van der Waals surface area contributed by atoms with E-state index in [1.165, 1.54) is 0 Å². The summed E-state index contributed by atoms with van der Waals surface area (Å²) in [5.74, 6) is -0.759. The molecule has 0 saturated carbocycles. The first-order valence-corrected chi connectivity index (χ1v) is 5.29. The Kier molecular flexibility index (Phi) is 4.14. The first kappa shape index (κ1) is 11.2. The highest BCUT2D eigenvalue weighted by molar-refractivity contribution is 5.86. The lowest BCUT2D eigenvalue weighted by Crippen LogP contribution is -2.23. The number of likely N-dealkylation sites (tertiary alicyclic amines) is 1. The van der Waals surface area contributed by atoms with Gasteiger partial charge < -0.3 is 10.0 Å². The monoisotopic (exact) mass is 197 g/mol. The minimum absolute atomic E-state index is 0.558. The average Bonchev–Trinajstić information content (AvgIpc) is 2.41. The Labute approximate surface area is 85.4 Å². The van der Waals surface area contributed by atoms with Gasteiger partial charge >= 0.3 is 5.97 Å². The van der Waals surface area contributed by atoms with Gasteiger partial charge in [-0.05, 0) is 39.3 Å². The fourth-order valence-electron chi connectivity index (χ4n) is 1.89. The summed E-state index contributed by atoms with van der Waals surface area (Å²) in [4.78, 5) is 13.2. The van der Waals surface area contributed by atoms with Crippen LogP contribution in [-0.2, 0) is 4.79 Å². The summed E-state index contributed by atoms with van der Waals surface area (Å²) in [7, 11) is 0. The maximum atomic E-state index is 10.8. The van der Waals surface area contributed by atoms with Crippen LogP contribution >= 0.6 is 0 Å². The van der Waals surface area contributed by atoms with Crippen LogP contribution in [0.5, 0.6) is 0 Å². The average molecular weight is 197 g/mol. The molecule has 0 aliphatic carbocycles. The van der Waals surface area contributed by atoms with Gasteiger partial charge in [0.05, 0.1) is 0 Å². The van der Waals surface area contributed by atoms with Gasteiger partial charge in [-0.2, -0.15) is 0 Å². The predicted molar refractivity (Wildman–Crippen MR) is 56.3 cm³/mol. The lowest BCUT2D eigenvalue weighted by atomic mass is 10.0. The molecule has 1 fully saturated rings. The number of carboxylic acids is 1. The van der Waals surface area contributed by atoms with E-state index in [9.17, 15) is 4.79 Å². The van der Waals surface area contributed by atoms with Crippen molar-refractivity contribution in [1.82, 2.24) is 4.90 Å². The van der Waals surface area contributed by atoms with Crippen LogP contribution in [0.2, 0.25) is 0 Å². The lowest BCUT2D eigenvalue weighted by molar-refractivity contribution is -0.132. The minimum Gasteiger partial charge on any atom is -0.478 e. The van der Waals surface area contributed by atoms with Crippen LogP contribution in [0.3, 0.4) is 0 Å². The van der Waals surface area contributed by atoms with Crippen LogP contribution in [0.15, 0.2) is 11.1 Å². The van der Waals surface area contributed by atoms with Gasteiger partial charge in [-0.25, -0.2) is 4.79 Å². The van der Waals surface area contributed by atoms with E-state index < -0.39 is 5.97 Å². The van der Waals surface area contributed by atoms with Crippen LogP contribution in [-0.4, -0.2) is 35.6 Å². The van der Waals surface area contributed by atoms with Crippen molar-refractivity contribution in [3.05, 3.63) is 11.1 Å². The first-order chi connectivity index (χ1) is 6.65. The highest BCUT2D eigenvalue weighted by Crippen LogP contribution is 2.19. The third-order valence-electron chi connectivity index (χ3n) is 2.98. The third kappa shape index (κ3) is 2.84. The Morgan fingerprint density at radius 3 is 2.71 bits per heavy atom. The Morgan fingerprint density at radius 1 is 1.43 bits per heavy atom. The Bertz CT molecular complexity index is 246. The summed E-state index contributed by atoms with van der Waals surface area (Å²) in [6, 6.07) is 0. The number of hydrogen-bond donors (Lipinski definition) is 1. The van der Waals surface area contributed by atoms with Gasteiger partial charge in [-0.1, -0.05) is 12.5 Å². The summed E-state index contributed by atoms with van der Waals surface area (Å²) < 4.78 is 0. The molecule has 1 saturated heterocycles. The van der Waals surface area contributed by atoms with Gasteiger partial charge in [-0.15, -0.1) is 0 Å². The normalized spacial score (nSPS) is 23.0. The summed E-state index contributed by atoms with van der Waals surface area (Å²) >= 11 is 0. The molecule has 1 aliphatic rings. The summed E-state index contributed by atoms with van der Waals surface area (Å²) in [5, 5.41) is 8.88. The molecule has 0 bridgehead atoms. The maximum absolute atomic E-state index is 10.8. The molecule has 0 atom stereocenters. The minimum atomic E-state index is -0.759. The highest BCUT2D eigenvalue weighted by atomic mass is 16.4. The van der Waals surface area contributed by atoms with Crippen molar-refractivity contribution < 1.29 is 9.90 Å². The van der Waals surface area contributed by atoms with Crippen molar-refractivity contribution in [1.29, 1.82) is 0 Å². The second kappa shape index (κ2) is 5.15. The molecule has 14 heavy (non-hydrogen) atoms. The molecule has 0 aromatic rings. The van der Waals surface area contributed by atoms with Gasteiger partial charge in [-0.3, -0.25) is 0 Å². The number of aliphatic carboxylic acids is 1. The molecular formula is C11H19NO2. The lowest BCUT2D eigenvalue weighted by Gasteiger charge is -2.16. The Balaban J connectivity index is 2.66. The molecule has 3 nitrogen and oxygen atoms in total. The molecule has 1 aliphatic heterocycles. The third-order valence-corrected chi connectivity index (χ3v) is 2.98. The molecule has 1 heterocycles. The van der Waals surface area contributed by atoms with E-state index in [0.717, 1.165) is 44.5 Å². The van der Waals surface area contributed by atoms with E-state index in [4.69, 9.17) is 5.11 Å². The van der Waals surface area contributed by atoms with Crippen LogP contribution in [0.25, 0.3) is 0 Å². The van der Waals surface area contributed by atoms with E-state index in [1.54, 1.807) is 6.92 Å². The predicted octanol–water partition coefficient (Wildman–Crippen LogP) is 1.89. The molecule has 1 rings (SSSR count). The van der Waals surface area contributed by atoms with E-state index >= 15 is 0 Å². The number of hydrogen-bond acceptors (Lipinski definition) is 2. The molecule has 0 aromatic heterocycles. The van der Waals surface area contributed by atoms with Gasteiger partial charge in [0, 0.05) is 12.1 Å². The van der Waals surface area contributed by atoms with E-state index in [2.05, 4.69) is 11.8 Å². The maximum Gasteiger partial charge on any atom is 0.331 e. The topological polar surface area (TPSA) is 40.5 Å². The van der Waals surface area contributed by atoms with Crippen molar-refractivity contribution in [2.24, 2.45) is 0 Å². The number of nitrogens with zero attached hydrogens (tertiary/aromatic N) is 1. The fraction of sp³-hybridized carbons (Fsp3) is 0.727. The standard InChI is InChI=1S/C11H19NO2/c1-3-12-7-4-5-10(6-8-12)9(2)11(13)14/h3-8H2,1-2H3,(H,13,14). The van der Waals surface area contributed by atoms with Crippen molar-refractivity contribution in [3.63, 3.8) is 0 Å². The second-order valence-electron chi connectivity index (χ2n) is 3.82. The van der Waals surface area contributed by atoms with Crippen molar-refractivity contribution in [2.75, 3.05) is 19.6 Å². The van der Waals surface area contributed by atoms with Crippen LogP contribution in [0.1, 0.15) is 33.1 Å².